The van der Waals surface area contributed by atoms with Crippen molar-refractivity contribution in [3.63, 3.8) is 0 Å². The van der Waals surface area contributed by atoms with Crippen LogP contribution < -0.4 is 5.32 Å². The van der Waals surface area contributed by atoms with Gasteiger partial charge in [0.1, 0.15) is 5.82 Å². The van der Waals surface area contributed by atoms with Crippen molar-refractivity contribution in [2.24, 2.45) is 0 Å². The fraction of sp³-hybridized carbons (Fsp3) is 0.545. The molecule has 1 aromatic heterocycles. The maximum Gasteiger partial charge on any atom is 0.317 e. The van der Waals surface area contributed by atoms with Crippen LogP contribution in [0.25, 0.3) is 11.4 Å². The molecule has 5 nitrogen and oxygen atoms in total. The second-order valence-electron chi connectivity index (χ2n) is 7.99. The van der Waals surface area contributed by atoms with Gasteiger partial charge in [0.25, 0.3) is 0 Å². The Labute approximate surface area is 161 Å². The van der Waals surface area contributed by atoms with Crippen molar-refractivity contribution < 1.29 is 4.79 Å². The van der Waals surface area contributed by atoms with Gasteiger partial charge in [-0.15, -0.1) is 0 Å². The summed E-state index contributed by atoms with van der Waals surface area (Å²) < 4.78 is 2.33. The van der Waals surface area contributed by atoms with Gasteiger partial charge >= 0.3 is 6.03 Å². The van der Waals surface area contributed by atoms with Gasteiger partial charge in [0.05, 0.1) is 6.04 Å². The highest BCUT2D eigenvalue weighted by molar-refractivity contribution is 5.74. The molecule has 1 saturated heterocycles. The van der Waals surface area contributed by atoms with E-state index in [9.17, 15) is 4.79 Å². The summed E-state index contributed by atoms with van der Waals surface area (Å²) in [6, 6.07) is 11.1. The molecule has 2 aromatic rings. The number of carbonyl (C=O) groups excluding carboxylic acids is 1. The Hall–Kier alpha value is -2.30. The van der Waals surface area contributed by atoms with E-state index in [2.05, 4.69) is 46.1 Å². The van der Waals surface area contributed by atoms with Gasteiger partial charge in [0.15, 0.2) is 0 Å². The van der Waals surface area contributed by atoms with E-state index in [4.69, 9.17) is 0 Å². The van der Waals surface area contributed by atoms with Crippen molar-refractivity contribution in [2.75, 3.05) is 13.1 Å². The maximum absolute atomic E-state index is 12.8. The molecule has 144 valence electrons. The minimum atomic E-state index is 0.116. The minimum absolute atomic E-state index is 0.116. The number of nitrogens with zero attached hydrogens (tertiary/aromatic N) is 3. The number of nitrogens with one attached hydrogen (secondary N) is 1. The highest BCUT2D eigenvalue weighted by Crippen LogP contribution is 2.29. The molecule has 27 heavy (non-hydrogen) atoms. The van der Waals surface area contributed by atoms with Gasteiger partial charge in [0.2, 0.25) is 0 Å². The van der Waals surface area contributed by atoms with E-state index in [1.54, 1.807) is 0 Å². The summed E-state index contributed by atoms with van der Waals surface area (Å²) in [5, 5.41) is 3.28. The van der Waals surface area contributed by atoms with Crippen LogP contribution in [0.5, 0.6) is 0 Å². The zero-order chi connectivity index (χ0) is 18.6. The number of rotatable bonds is 3. The monoisotopic (exact) mass is 366 g/mol. The molecular formula is C22H30N4O. The summed E-state index contributed by atoms with van der Waals surface area (Å²) >= 11 is 0. The molecule has 1 saturated carbocycles. The lowest BCUT2D eigenvalue weighted by molar-refractivity contribution is 0.161. The lowest BCUT2D eigenvalue weighted by atomic mass is 9.95. The number of carbonyl (C=O) groups is 1. The zero-order valence-electron chi connectivity index (χ0n) is 16.2. The number of hydrogen-bond acceptors (Lipinski definition) is 2. The molecule has 0 bridgehead atoms. The topological polar surface area (TPSA) is 50.2 Å². The fourth-order valence-electron chi connectivity index (χ4n) is 4.57. The van der Waals surface area contributed by atoms with Crippen LogP contribution in [0.4, 0.5) is 4.79 Å². The number of likely N-dealkylation sites (tertiary alicyclic amines) is 1. The Balaban J connectivity index is 1.49. The third-order valence-electron chi connectivity index (χ3n) is 6.00. The van der Waals surface area contributed by atoms with Gasteiger partial charge in [-0.1, -0.05) is 49.6 Å². The SMILES string of the molecule is Cc1cnc(-c2ccccc2)n1C1CCCN(C(=O)NC2CCCCC2)C1. The van der Waals surface area contributed by atoms with Crippen LogP contribution in [0.3, 0.4) is 0 Å². The third-order valence-corrected chi connectivity index (χ3v) is 6.00. The molecule has 1 aromatic carbocycles. The summed E-state index contributed by atoms with van der Waals surface area (Å²) in [5.74, 6) is 1.01. The third kappa shape index (κ3) is 4.02. The first-order chi connectivity index (χ1) is 13.2. The van der Waals surface area contributed by atoms with Crippen LogP contribution >= 0.6 is 0 Å². The molecule has 1 aliphatic carbocycles. The van der Waals surface area contributed by atoms with Gasteiger partial charge in [-0.3, -0.25) is 0 Å². The Morgan fingerprint density at radius 3 is 2.63 bits per heavy atom. The van der Waals surface area contributed by atoms with Crippen molar-refractivity contribution in [1.29, 1.82) is 0 Å². The molecule has 1 N–H and O–H groups in total. The van der Waals surface area contributed by atoms with Gasteiger partial charge in [-0.2, -0.15) is 0 Å². The van der Waals surface area contributed by atoms with Gasteiger partial charge < -0.3 is 14.8 Å². The second-order valence-corrected chi connectivity index (χ2v) is 7.99. The standard InChI is InChI=1S/C22H30N4O/c1-17-15-23-21(18-9-4-2-5-10-18)26(17)20-13-8-14-25(16-20)22(27)24-19-11-6-3-7-12-19/h2,4-5,9-10,15,19-20H,3,6-8,11-14,16H2,1H3,(H,24,27). The van der Waals surface area contributed by atoms with E-state index in [0.717, 1.165) is 55.9 Å². The lowest BCUT2D eigenvalue weighted by Crippen LogP contribution is -2.49. The summed E-state index contributed by atoms with van der Waals surface area (Å²) in [7, 11) is 0. The zero-order valence-corrected chi connectivity index (χ0v) is 16.2. The maximum atomic E-state index is 12.8. The van der Waals surface area contributed by atoms with Crippen LogP contribution in [-0.4, -0.2) is 39.6 Å². The number of benzene rings is 1. The van der Waals surface area contributed by atoms with E-state index < -0.39 is 0 Å². The normalized spacial score (nSPS) is 21.2. The molecule has 1 aliphatic heterocycles. The Bertz CT molecular complexity index is 764. The molecule has 1 atom stereocenters. The van der Waals surface area contributed by atoms with Gasteiger partial charge in [0, 0.05) is 36.6 Å². The molecule has 2 fully saturated rings. The fourth-order valence-corrected chi connectivity index (χ4v) is 4.57. The molecule has 2 heterocycles. The van der Waals surface area contributed by atoms with E-state index in [0.29, 0.717) is 6.04 Å². The number of amides is 2. The lowest BCUT2D eigenvalue weighted by Gasteiger charge is -2.36. The molecule has 4 rings (SSSR count). The second kappa shape index (κ2) is 8.15. The van der Waals surface area contributed by atoms with Crippen molar-refractivity contribution in [3.05, 3.63) is 42.2 Å². The van der Waals surface area contributed by atoms with E-state index in [-0.39, 0.29) is 12.1 Å². The van der Waals surface area contributed by atoms with Crippen LogP contribution in [0.2, 0.25) is 0 Å². The van der Waals surface area contributed by atoms with E-state index >= 15 is 0 Å². The number of hydrogen-bond donors (Lipinski definition) is 1. The number of aryl methyl sites for hydroxylation is 1. The quantitative estimate of drug-likeness (QED) is 0.867. The molecule has 5 heteroatoms. The average molecular weight is 367 g/mol. The van der Waals surface area contributed by atoms with Crippen molar-refractivity contribution in [1.82, 2.24) is 19.8 Å². The molecule has 2 amide bonds. The van der Waals surface area contributed by atoms with E-state index in [1.165, 1.54) is 19.3 Å². The van der Waals surface area contributed by atoms with Crippen molar-refractivity contribution in [3.8, 4) is 11.4 Å². The number of aromatic nitrogens is 2. The van der Waals surface area contributed by atoms with Crippen LogP contribution in [0.15, 0.2) is 36.5 Å². The highest BCUT2D eigenvalue weighted by Gasteiger charge is 2.28. The number of piperidine rings is 1. The Kier molecular flexibility index (Phi) is 5.46. The first kappa shape index (κ1) is 18.1. The Morgan fingerprint density at radius 1 is 1.07 bits per heavy atom. The van der Waals surface area contributed by atoms with Gasteiger partial charge in [-0.05, 0) is 32.6 Å². The first-order valence-corrected chi connectivity index (χ1v) is 10.4. The molecule has 2 aliphatic rings. The largest absolute Gasteiger partial charge is 0.335 e. The molecule has 0 spiro atoms. The number of urea groups is 1. The summed E-state index contributed by atoms with van der Waals surface area (Å²) in [4.78, 5) is 19.5. The van der Waals surface area contributed by atoms with Gasteiger partial charge in [-0.25, -0.2) is 9.78 Å². The summed E-state index contributed by atoms with van der Waals surface area (Å²) in [6.45, 7) is 3.72. The first-order valence-electron chi connectivity index (χ1n) is 10.4. The van der Waals surface area contributed by atoms with Crippen LogP contribution in [0, 0.1) is 6.92 Å². The smallest absolute Gasteiger partial charge is 0.317 e. The molecular weight excluding hydrogens is 336 g/mol. The van der Waals surface area contributed by atoms with Crippen molar-refractivity contribution >= 4 is 6.03 Å². The van der Waals surface area contributed by atoms with Crippen LogP contribution in [0.1, 0.15) is 56.7 Å². The highest BCUT2D eigenvalue weighted by atomic mass is 16.2. The van der Waals surface area contributed by atoms with Crippen molar-refractivity contribution in [2.45, 2.75) is 64.0 Å². The average Bonchev–Trinajstić information content (AvgIpc) is 3.11. The predicted octanol–water partition coefficient (Wildman–Crippen LogP) is 4.54. The molecule has 1 unspecified atom stereocenters. The van der Waals surface area contributed by atoms with Crippen LogP contribution in [-0.2, 0) is 0 Å². The predicted molar refractivity (Wildman–Crippen MR) is 108 cm³/mol. The Morgan fingerprint density at radius 2 is 1.85 bits per heavy atom. The minimum Gasteiger partial charge on any atom is -0.335 e. The summed E-state index contributed by atoms with van der Waals surface area (Å²) in [6.07, 6.45) is 10.1. The molecule has 0 radical (unpaired) electrons. The summed E-state index contributed by atoms with van der Waals surface area (Å²) in [5.41, 5.74) is 2.29. The number of imidazole rings is 1. The van der Waals surface area contributed by atoms with E-state index in [1.807, 2.05) is 17.2 Å².